The van der Waals surface area contributed by atoms with E-state index in [9.17, 15) is 4.39 Å². The van der Waals surface area contributed by atoms with E-state index in [2.05, 4.69) is 21.2 Å². The van der Waals surface area contributed by atoms with Gasteiger partial charge in [-0.1, -0.05) is 0 Å². The fourth-order valence-corrected chi connectivity index (χ4v) is 2.17. The topological polar surface area (TPSA) is 39.7 Å². The molecular weight excluding hydrogens is 317 g/mol. The van der Waals surface area contributed by atoms with Crippen LogP contribution in [0.25, 0.3) is 0 Å². The Bertz CT molecular complexity index is 390. The van der Waals surface area contributed by atoms with Crippen molar-refractivity contribution in [3.8, 4) is 11.5 Å². The van der Waals surface area contributed by atoms with Crippen LogP contribution in [0.5, 0.6) is 11.5 Å². The zero-order valence-corrected chi connectivity index (χ0v) is 12.8. The van der Waals surface area contributed by atoms with Crippen molar-refractivity contribution in [2.24, 2.45) is 0 Å². The molecule has 0 amide bonds. The molecule has 6 heteroatoms. The molecule has 1 rings (SSSR count). The standard InChI is InChI=1S/C13H19BrFNO3/c1-17-6-4-16-9-10-7-11(14)13(19-5-3-15)12(8-10)18-2/h7-8,16H,3-6,9H2,1-2H3. The monoisotopic (exact) mass is 335 g/mol. The fraction of sp³-hybridized carbons (Fsp3) is 0.538. The predicted octanol–water partition coefficient (Wildman–Crippen LogP) is 2.54. The minimum atomic E-state index is -0.532. The Morgan fingerprint density at radius 1 is 1.26 bits per heavy atom. The average molecular weight is 336 g/mol. The number of hydrogen-bond acceptors (Lipinski definition) is 4. The number of benzene rings is 1. The van der Waals surface area contributed by atoms with Gasteiger partial charge in [-0.15, -0.1) is 0 Å². The van der Waals surface area contributed by atoms with Crippen LogP contribution >= 0.6 is 15.9 Å². The van der Waals surface area contributed by atoms with Gasteiger partial charge in [0, 0.05) is 20.2 Å². The van der Waals surface area contributed by atoms with E-state index in [1.165, 1.54) is 0 Å². The zero-order chi connectivity index (χ0) is 14.1. The van der Waals surface area contributed by atoms with E-state index in [1.807, 2.05) is 12.1 Å². The third-order valence-corrected chi connectivity index (χ3v) is 3.01. The summed E-state index contributed by atoms with van der Waals surface area (Å²) < 4.78 is 28.5. The summed E-state index contributed by atoms with van der Waals surface area (Å²) in [6.07, 6.45) is 0. The molecule has 108 valence electrons. The van der Waals surface area contributed by atoms with E-state index in [0.717, 1.165) is 16.6 Å². The highest BCUT2D eigenvalue weighted by Crippen LogP contribution is 2.36. The Morgan fingerprint density at radius 3 is 2.68 bits per heavy atom. The number of rotatable bonds is 9. The predicted molar refractivity (Wildman–Crippen MR) is 75.7 cm³/mol. The number of nitrogens with one attached hydrogen (secondary N) is 1. The SMILES string of the molecule is COCCNCc1cc(Br)c(OCCF)c(OC)c1. The second kappa shape index (κ2) is 9.12. The molecule has 0 aliphatic heterocycles. The summed E-state index contributed by atoms with van der Waals surface area (Å²) in [5, 5.41) is 3.24. The highest BCUT2D eigenvalue weighted by molar-refractivity contribution is 9.10. The first-order valence-corrected chi connectivity index (χ1v) is 6.77. The first kappa shape index (κ1) is 16.2. The molecular formula is C13H19BrFNO3. The van der Waals surface area contributed by atoms with Crippen LogP contribution in [-0.2, 0) is 11.3 Å². The number of alkyl halides is 1. The molecule has 0 saturated carbocycles. The van der Waals surface area contributed by atoms with Crippen LogP contribution in [0.2, 0.25) is 0 Å². The summed E-state index contributed by atoms with van der Waals surface area (Å²) in [6, 6.07) is 3.80. The van der Waals surface area contributed by atoms with Gasteiger partial charge in [-0.3, -0.25) is 0 Å². The van der Waals surface area contributed by atoms with Crippen molar-refractivity contribution in [2.45, 2.75) is 6.54 Å². The highest BCUT2D eigenvalue weighted by Gasteiger charge is 2.11. The van der Waals surface area contributed by atoms with Crippen LogP contribution in [0.1, 0.15) is 5.56 Å². The molecule has 0 aliphatic carbocycles. The Labute approximate surface area is 121 Å². The zero-order valence-electron chi connectivity index (χ0n) is 11.2. The van der Waals surface area contributed by atoms with Gasteiger partial charge < -0.3 is 19.5 Å². The molecule has 0 heterocycles. The first-order chi connectivity index (χ1) is 9.22. The van der Waals surface area contributed by atoms with Gasteiger partial charge in [0.1, 0.15) is 13.3 Å². The third-order valence-electron chi connectivity index (χ3n) is 2.42. The Balaban J connectivity index is 2.71. The fourth-order valence-electron chi connectivity index (χ4n) is 1.56. The molecule has 1 N–H and O–H groups in total. The summed E-state index contributed by atoms with van der Waals surface area (Å²) in [6.45, 7) is 1.62. The maximum Gasteiger partial charge on any atom is 0.175 e. The van der Waals surface area contributed by atoms with Crippen molar-refractivity contribution >= 4 is 15.9 Å². The van der Waals surface area contributed by atoms with E-state index in [0.29, 0.717) is 24.7 Å². The number of methoxy groups -OCH3 is 2. The molecule has 1 aromatic carbocycles. The molecule has 0 spiro atoms. The van der Waals surface area contributed by atoms with Crippen LogP contribution in [-0.4, -0.2) is 40.7 Å². The van der Waals surface area contributed by atoms with E-state index < -0.39 is 6.67 Å². The van der Waals surface area contributed by atoms with Gasteiger partial charge in [-0.25, -0.2) is 4.39 Å². The van der Waals surface area contributed by atoms with E-state index in [-0.39, 0.29) is 6.61 Å². The van der Waals surface area contributed by atoms with Crippen molar-refractivity contribution in [1.29, 1.82) is 0 Å². The lowest BCUT2D eigenvalue weighted by atomic mass is 10.2. The molecule has 0 atom stereocenters. The van der Waals surface area contributed by atoms with E-state index in [4.69, 9.17) is 14.2 Å². The van der Waals surface area contributed by atoms with E-state index >= 15 is 0 Å². The molecule has 1 aromatic rings. The second-order valence-electron chi connectivity index (χ2n) is 3.82. The Kier molecular flexibility index (Phi) is 7.78. The third kappa shape index (κ3) is 5.34. The van der Waals surface area contributed by atoms with Gasteiger partial charge in [0.2, 0.25) is 0 Å². The lowest BCUT2D eigenvalue weighted by Gasteiger charge is -2.14. The Morgan fingerprint density at radius 2 is 2.05 bits per heavy atom. The van der Waals surface area contributed by atoms with E-state index in [1.54, 1.807) is 14.2 Å². The van der Waals surface area contributed by atoms with Crippen molar-refractivity contribution in [1.82, 2.24) is 5.32 Å². The Hall–Kier alpha value is -0.850. The van der Waals surface area contributed by atoms with Crippen molar-refractivity contribution in [3.05, 3.63) is 22.2 Å². The minimum absolute atomic E-state index is 0.0143. The quantitative estimate of drug-likeness (QED) is 0.704. The van der Waals surface area contributed by atoms with Gasteiger partial charge in [0.25, 0.3) is 0 Å². The second-order valence-corrected chi connectivity index (χ2v) is 4.67. The lowest BCUT2D eigenvalue weighted by Crippen LogP contribution is -2.18. The number of hydrogen-bond donors (Lipinski definition) is 1. The average Bonchev–Trinajstić information content (AvgIpc) is 2.42. The van der Waals surface area contributed by atoms with Gasteiger partial charge >= 0.3 is 0 Å². The molecule has 0 radical (unpaired) electrons. The smallest absolute Gasteiger partial charge is 0.175 e. The van der Waals surface area contributed by atoms with Gasteiger partial charge in [0.05, 0.1) is 18.2 Å². The van der Waals surface area contributed by atoms with Gasteiger partial charge in [0.15, 0.2) is 11.5 Å². The van der Waals surface area contributed by atoms with Crippen LogP contribution in [0.4, 0.5) is 4.39 Å². The molecule has 0 bridgehead atoms. The summed E-state index contributed by atoms with van der Waals surface area (Å²) in [5.41, 5.74) is 1.05. The van der Waals surface area contributed by atoms with Crippen LogP contribution in [0.3, 0.4) is 0 Å². The summed E-state index contributed by atoms with van der Waals surface area (Å²) >= 11 is 3.41. The van der Waals surface area contributed by atoms with Crippen molar-refractivity contribution in [3.63, 3.8) is 0 Å². The van der Waals surface area contributed by atoms with Gasteiger partial charge in [-0.05, 0) is 33.6 Å². The lowest BCUT2D eigenvalue weighted by molar-refractivity contribution is 0.199. The largest absolute Gasteiger partial charge is 0.493 e. The maximum absolute atomic E-state index is 12.2. The summed E-state index contributed by atoms with van der Waals surface area (Å²) in [4.78, 5) is 0. The minimum Gasteiger partial charge on any atom is -0.493 e. The first-order valence-electron chi connectivity index (χ1n) is 5.97. The molecule has 4 nitrogen and oxygen atoms in total. The summed E-state index contributed by atoms with van der Waals surface area (Å²) in [7, 11) is 3.23. The molecule has 0 unspecified atom stereocenters. The highest BCUT2D eigenvalue weighted by atomic mass is 79.9. The molecule has 0 aliphatic rings. The summed E-state index contributed by atoms with van der Waals surface area (Å²) in [5.74, 6) is 1.12. The van der Waals surface area contributed by atoms with Crippen LogP contribution in [0, 0.1) is 0 Å². The molecule has 0 aromatic heterocycles. The van der Waals surface area contributed by atoms with Crippen LogP contribution < -0.4 is 14.8 Å². The van der Waals surface area contributed by atoms with Crippen molar-refractivity contribution in [2.75, 3.05) is 40.7 Å². The normalized spacial score (nSPS) is 10.5. The van der Waals surface area contributed by atoms with Gasteiger partial charge in [-0.2, -0.15) is 0 Å². The molecule has 0 fully saturated rings. The van der Waals surface area contributed by atoms with Crippen molar-refractivity contribution < 1.29 is 18.6 Å². The molecule has 0 saturated heterocycles. The number of halogens is 2. The van der Waals surface area contributed by atoms with Crippen LogP contribution in [0.15, 0.2) is 16.6 Å². The molecule has 19 heavy (non-hydrogen) atoms. The maximum atomic E-state index is 12.2. The number of ether oxygens (including phenoxy) is 3.